The smallest absolute Gasteiger partial charge is 1.00 e. The Hall–Kier alpha value is -2.34. The minimum absolute atomic E-state index is 0. The van der Waals surface area contributed by atoms with E-state index in [2.05, 4.69) is 63.4 Å². The van der Waals surface area contributed by atoms with Crippen molar-refractivity contribution >= 4 is 45.0 Å². The van der Waals surface area contributed by atoms with Crippen LogP contribution in [0.5, 0.6) is 0 Å². The van der Waals surface area contributed by atoms with Crippen LogP contribution in [0.4, 0.5) is 0 Å². The number of benzene rings is 2. The van der Waals surface area contributed by atoms with Gasteiger partial charge in [0.1, 0.15) is 5.69 Å². The Morgan fingerprint density at radius 3 is 2.45 bits per heavy atom. The molecule has 0 radical (unpaired) electrons. The Kier molecular flexibility index (Phi) is 11.4. The first kappa shape index (κ1) is 34.1. The van der Waals surface area contributed by atoms with Gasteiger partial charge in [-0.25, -0.2) is 4.68 Å². The number of halogens is 1. The first-order chi connectivity index (χ1) is 18.9. The monoisotopic (exact) mass is 643 g/mol. The summed E-state index contributed by atoms with van der Waals surface area (Å²) in [6, 6.07) is 19.2. The molecular formula is C32H38BrMgN5O3. The molecule has 1 aliphatic heterocycles. The van der Waals surface area contributed by atoms with Crippen molar-refractivity contribution in [3.05, 3.63) is 85.0 Å². The third-order valence-electron chi connectivity index (χ3n) is 7.93. The van der Waals surface area contributed by atoms with E-state index in [0.717, 1.165) is 70.5 Å². The Morgan fingerprint density at radius 2 is 1.79 bits per heavy atom. The van der Waals surface area contributed by atoms with Crippen molar-refractivity contribution in [1.82, 2.24) is 24.5 Å². The predicted octanol–water partition coefficient (Wildman–Crippen LogP) is 2.45. The summed E-state index contributed by atoms with van der Waals surface area (Å²) >= 11 is 0. The van der Waals surface area contributed by atoms with Crippen molar-refractivity contribution < 1.29 is 31.6 Å². The summed E-state index contributed by atoms with van der Waals surface area (Å²) < 4.78 is 15.4. The second kappa shape index (κ2) is 14.0. The number of fused-ring (bicyclic) bond motifs is 3. The number of aryl methyl sites for hydroxylation is 1. The summed E-state index contributed by atoms with van der Waals surface area (Å²) in [7, 11) is 3.56. The number of hydrogen-bond acceptors (Lipinski definition) is 6. The van der Waals surface area contributed by atoms with E-state index in [-0.39, 0.29) is 53.5 Å². The van der Waals surface area contributed by atoms with Crippen molar-refractivity contribution in [1.29, 1.82) is 0 Å². The Morgan fingerprint density at radius 1 is 1.07 bits per heavy atom. The van der Waals surface area contributed by atoms with Crippen molar-refractivity contribution in [2.75, 3.05) is 20.3 Å². The summed E-state index contributed by atoms with van der Waals surface area (Å²) in [5.74, 6) is 0.386. The number of nitrogens with zero attached hydrogens (tertiary/aromatic N) is 5. The molecule has 4 heterocycles. The number of aromatic nitrogens is 5. The largest absolute Gasteiger partial charge is 2.00 e. The first-order valence-corrected chi connectivity index (χ1v) is 13.5. The number of ether oxygens (including phenoxy) is 2. The van der Waals surface area contributed by atoms with Crippen LogP contribution in [0.15, 0.2) is 60.8 Å². The summed E-state index contributed by atoms with van der Waals surface area (Å²) in [6.45, 7) is 5.54. The molecule has 8 nitrogen and oxygen atoms in total. The topological polar surface area (TPSA) is 87.2 Å². The molecule has 0 spiro atoms. The zero-order valence-electron chi connectivity index (χ0n) is 25.0. The number of methoxy groups -OCH3 is 1. The summed E-state index contributed by atoms with van der Waals surface area (Å²) in [4.78, 5) is 5.02. The molecule has 1 saturated heterocycles. The SMILES string of the molecule is COCc1nnn(C)c1-c1cnc2c3ccc(C(C)(C)O)cc3n([C@H](c3ccccc3)C3CCOCC3)c2c1.[Br-].[CH3-].[Mg+2]. The normalized spacial score (nSPS) is 14.7. The predicted molar refractivity (Wildman–Crippen MR) is 163 cm³/mol. The molecule has 0 unspecified atom stereocenters. The van der Waals surface area contributed by atoms with E-state index in [0.29, 0.717) is 12.5 Å². The van der Waals surface area contributed by atoms with Gasteiger partial charge in [0.25, 0.3) is 0 Å². The van der Waals surface area contributed by atoms with Crippen LogP contribution < -0.4 is 17.0 Å². The molecule has 0 saturated carbocycles. The Bertz CT molecular complexity index is 1620. The minimum Gasteiger partial charge on any atom is -1.00 e. The van der Waals surface area contributed by atoms with E-state index in [1.807, 2.05) is 33.2 Å². The maximum atomic E-state index is 10.9. The fraction of sp³-hybridized carbons (Fsp3) is 0.375. The Balaban J connectivity index is 0.00000161. The molecule has 1 aliphatic rings. The van der Waals surface area contributed by atoms with Crippen molar-refractivity contribution in [2.45, 2.75) is 44.9 Å². The minimum atomic E-state index is -0.968. The quantitative estimate of drug-likeness (QED) is 0.217. The van der Waals surface area contributed by atoms with E-state index in [9.17, 15) is 5.11 Å². The van der Waals surface area contributed by atoms with Crippen LogP contribution in [0.1, 0.15) is 49.6 Å². The van der Waals surface area contributed by atoms with Crippen LogP contribution in [0, 0.1) is 13.3 Å². The van der Waals surface area contributed by atoms with Crippen molar-refractivity contribution in [3.63, 3.8) is 0 Å². The molecule has 6 rings (SSSR count). The van der Waals surface area contributed by atoms with Gasteiger partial charge < -0.3 is 43.6 Å². The van der Waals surface area contributed by atoms with Crippen molar-refractivity contribution in [3.8, 4) is 11.3 Å². The fourth-order valence-electron chi connectivity index (χ4n) is 6.02. The van der Waals surface area contributed by atoms with Gasteiger partial charge in [-0.05, 0) is 55.9 Å². The zero-order valence-corrected chi connectivity index (χ0v) is 28.0. The van der Waals surface area contributed by atoms with Crippen LogP contribution in [0.3, 0.4) is 0 Å². The van der Waals surface area contributed by atoms with Crippen LogP contribution in [0.25, 0.3) is 33.2 Å². The molecule has 1 N–H and O–H groups in total. The summed E-state index contributed by atoms with van der Waals surface area (Å²) in [5.41, 5.74) is 6.81. The van der Waals surface area contributed by atoms with E-state index < -0.39 is 5.60 Å². The van der Waals surface area contributed by atoms with E-state index in [4.69, 9.17) is 14.5 Å². The van der Waals surface area contributed by atoms with Gasteiger partial charge in [0, 0.05) is 44.5 Å². The third kappa shape index (κ3) is 6.29. The van der Waals surface area contributed by atoms with Gasteiger partial charge in [0.05, 0.1) is 40.5 Å². The van der Waals surface area contributed by atoms with Crippen LogP contribution in [-0.4, -0.2) is 73.0 Å². The van der Waals surface area contributed by atoms with E-state index in [1.165, 1.54) is 5.56 Å². The molecular weight excluding hydrogens is 607 g/mol. The van der Waals surface area contributed by atoms with Gasteiger partial charge in [-0.15, -0.1) is 5.10 Å². The van der Waals surface area contributed by atoms with Crippen LogP contribution in [-0.2, 0) is 28.7 Å². The summed E-state index contributed by atoms with van der Waals surface area (Å²) in [6.07, 6.45) is 3.85. The molecule has 5 aromatic rings. The van der Waals surface area contributed by atoms with E-state index >= 15 is 0 Å². The average molecular weight is 645 g/mol. The number of rotatable bonds is 7. The number of hydrogen-bond donors (Lipinski definition) is 1. The molecule has 2 aromatic carbocycles. The fourth-order valence-corrected chi connectivity index (χ4v) is 6.02. The van der Waals surface area contributed by atoms with E-state index in [1.54, 1.807) is 11.8 Å². The van der Waals surface area contributed by atoms with Crippen LogP contribution >= 0.6 is 0 Å². The number of pyridine rings is 1. The second-order valence-corrected chi connectivity index (χ2v) is 11.0. The third-order valence-corrected chi connectivity index (χ3v) is 7.93. The molecule has 218 valence electrons. The van der Waals surface area contributed by atoms with Gasteiger partial charge in [0.2, 0.25) is 0 Å². The number of aliphatic hydroxyl groups is 1. The van der Waals surface area contributed by atoms with Gasteiger partial charge in [-0.3, -0.25) is 4.98 Å². The first-order valence-electron chi connectivity index (χ1n) is 13.5. The molecule has 3 aromatic heterocycles. The summed E-state index contributed by atoms with van der Waals surface area (Å²) in [5, 5.41) is 20.6. The average Bonchev–Trinajstić information content (AvgIpc) is 3.46. The van der Waals surface area contributed by atoms with Gasteiger partial charge in [0.15, 0.2) is 0 Å². The zero-order chi connectivity index (χ0) is 27.1. The molecule has 0 amide bonds. The Labute approximate surface area is 274 Å². The molecule has 0 bridgehead atoms. The van der Waals surface area contributed by atoms with Gasteiger partial charge >= 0.3 is 23.1 Å². The maximum Gasteiger partial charge on any atom is 2.00 e. The molecule has 1 atom stereocenters. The molecule has 1 fully saturated rings. The molecule has 10 heteroatoms. The van der Waals surface area contributed by atoms with Crippen LogP contribution in [0.2, 0.25) is 0 Å². The molecule has 42 heavy (non-hydrogen) atoms. The maximum absolute atomic E-state index is 10.9. The second-order valence-electron chi connectivity index (χ2n) is 11.0. The van der Waals surface area contributed by atoms with Crippen molar-refractivity contribution in [2.24, 2.45) is 13.0 Å². The standard InChI is InChI=1S/C31H35N5O3.CH3.BrH.Mg/c1-31(2,37)23-10-11-24-26(17-23)36(29(20-8-6-5-7-9-20)21-12-14-39-15-13-21)27-16-22(18-32-28(24)27)30-25(19-38-4)33-34-35(30)3;;;/h5-11,16-18,21,29,37H,12-15,19H2,1-4H3;1H3;1H;/q;-1;;+2/p-1/t29-;;;/m1.../s1. The van der Waals surface area contributed by atoms with Gasteiger partial charge in [-0.2, -0.15) is 0 Å². The van der Waals surface area contributed by atoms with Gasteiger partial charge in [-0.1, -0.05) is 47.7 Å². The molecule has 0 aliphatic carbocycles.